The number of allylic oxidation sites excluding steroid dienone is 1. The number of thiophene rings is 1. The highest BCUT2D eigenvalue weighted by Gasteiger charge is 2.12. The van der Waals surface area contributed by atoms with Crippen molar-refractivity contribution in [3.05, 3.63) is 28.5 Å². The summed E-state index contributed by atoms with van der Waals surface area (Å²) in [6.07, 6.45) is 7.52. The molecule has 2 rings (SSSR count). The van der Waals surface area contributed by atoms with Gasteiger partial charge in [0.1, 0.15) is 16.7 Å². The molecule has 0 aliphatic heterocycles. The lowest BCUT2D eigenvalue weighted by atomic mass is 10.1. The minimum absolute atomic E-state index is 0.106. The molecule has 1 atom stereocenters. The van der Waals surface area contributed by atoms with E-state index in [2.05, 4.69) is 6.08 Å². The number of hydrogen-bond donors (Lipinski definition) is 1. The first-order valence-corrected chi connectivity index (χ1v) is 5.79. The van der Waals surface area contributed by atoms with Crippen molar-refractivity contribution >= 4 is 17.3 Å². The average Bonchev–Trinajstić information content (AvgIpc) is 2.68. The third-order valence-electron chi connectivity index (χ3n) is 2.28. The van der Waals surface area contributed by atoms with Crippen LogP contribution in [-0.2, 0) is 0 Å². The molecule has 15 heavy (non-hydrogen) atoms. The Labute approximate surface area is 92.0 Å². The fourth-order valence-electron chi connectivity index (χ4n) is 1.55. The molecule has 0 saturated carbocycles. The van der Waals surface area contributed by atoms with Crippen molar-refractivity contribution in [1.82, 2.24) is 0 Å². The molecule has 80 valence electrons. The molecule has 0 radical (unpaired) electrons. The largest absolute Gasteiger partial charge is 0.485 e. The van der Waals surface area contributed by atoms with Gasteiger partial charge in [-0.05, 0) is 25.3 Å². The zero-order valence-electron chi connectivity index (χ0n) is 8.18. The van der Waals surface area contributed by atoms with E-state index in [1.54, 1.807) is 11.4 Å². The van der Waals surface area contributed by atoms with Crippen LogP contribution in [-0.4, -0.2) is 17.2 Å². The first-order chi connectivity index (χ1) is 7.25. The molecule has 0 amide bonds. The Bertz CT molecular complexity index is 381. The monoisotopic (exact) mass is 224 g/mol. The van der Waals surface area contributed by atoms with Gasteiger partial charge in [-0.15, -0.1) is 11.3 Å². The Morgan fingerprint density at radius 3 is 3.07 bits per heavy atom. The zero-order valence-corrected chi connectivity index (χ0v) is 9.00. The number of rotatable bonds is 3. The van der Waals surface area contributed by atoms with Gasteiger partial charge in [-0.1, -0.05) is 6.08 Å². The van der Waals surface area contributed by atoms with Crippen molar-refractivity contribution in [1.29, 1.82) is 0 Å². The molecule has 0 saturated heterocycles. The minimum Gasteiger partial charge on any atom is -0.485 e. The van der Waals surface area contributed by atoms with Crippen LogP contribution in [0.1, 0.15) is 28.9 Å². The molecule has 3 nitrogen and oxygen atoms in total. The summed E-state index contributed by atoms with van der Waals surface area (Å²) in [4.78, 5) is 11.0. The number of ether oxygens (including phenoxy) is 1. The van der Waals surface area contributed by atoms with Gasteiger partial charge in [0, 0.05) is 11.4 Å². The molecule has 0 aromatic carbocycles. The lowest BCUT2D eigenvalue weighted by Gasteiger charge is -2.17. The van der Waals surface area contributed by atoms with Gasteiger partial charge in [-0.2, -0.15) is 0 Å². The molecule has 1 heterocycles. The average molecular weight is 224 g/mol. The van der Waals surface area contributed by atoms with E-state index in [9.17, 15) is 4.79 Å². The molecule has 0 fully saturated rings. The van der Waals surface area contributed by atoms with Gasteiger partial charge in [-0.25, -0.2) is 4.79 Å². The predicted molar refractivity (Wildman–Crippen MR) is 58.7 cm³/mol. The number of carboxylic acid groups (broad SMARTS) is 1. The standard InChI is InChI=1S/C11H12O3S/c12-11(13)10-6-9(7-15-10)14-8-4-2-1-3-5-8/h2,4,6-8H,1,3,5H2,(H,12,13). The highest BCUT2D eigenvalue weighted by molar-refractivity contribution is 7.12. The normalized spacial score (nSPS) is 20.1. The van der Waals surface area contributed by atoms with E-state index < -0.39 is 5.97 Å². The van der Waals surface area contributed by atoms with Crippen LogP contribution in [0.25, 0.3) is 0 Å². The van der Waals surface area contributed by atoms with Crippen molar-refractivity contribution in [2.24, 2.45) is 0 Å². The van der Waals surface area contributed by atoms with Crippen LogP contribution >= 0.6 is 11.3 Å². The van der Waals surface area contributed by atoms with Gasteiger partial charge in [0.15, 0.2) is 0 Å². The Morgan fingerprint density at radius 1 is 1.60 bits per heavy atom. The number of carbonyl (C=O) groups is 1. The lowest BCUT2D eigenvalue weighted by molar-refractivity contribution is 0.0701. The fraction of sp³-hybridized carbons (Fsp3) is 0.364. The first kappa shape index (κ1) is 10.2. The van der Waals surface area contributed by atoms with Gasteiger partial charge in [0.25, 0.3) is 0 Å². The van der Waals surface area contributed by atoms with Crippen molar-refractivity contribution in [3.8, 4) is 5.75 Å². The second-order valence-corrected chi connectivity index (χ2v) is 4.38. The molecular weight excluding hydrogens is 212 g/mol. The summed E-state index contributed by atoms with van der Waals surface area (Å²) in [5.41, 5.74) is 0. The predicted octanol–water partition coefficient (Wildman–Crippen LogP) is 2.93. The lowest BCUT2D eigenvalue weighted by Crippen LogP contribution is -2.15. The topological polar surface area (TPSA) is 46.5 Å². The van der Waals surface area contributed by atoms with Gasteiger partial charge in [-0.3, -0.25) is 0 Å². The van der Waals surface area contributed by atoms with Crippen LogP contribution in [0.5, 0.6) is 5.75 Å². The van der Waals surface area contributed by atoms with Crippen LogP contribution in [0.2, 0.25) is 0 Å². The second-order valence-electron chi connectivity index (χ2n) is 3.47. The van der Waals surface area contributed by atoms with Gasteiger partial charge in [0.2, 0.25) is 0 Å². The van der Waals surface area contributed by atoms with E-state index in [0.29, 0.717) is 10.6 Å². The third-order valence-corrected chi connectivity index (χ3v) is 3.18. The maximum atomic E-state index is 10.6. The van der Waals surface area contributed by atoms with E-state index >= 15 is 0 Å². The Hall–Kier alpha value is -1.29. The zero-order chi connectivity index (χ0) is 10.7. The maximum Gasteiger partial charge on any atom is 0.346 e. The molecule has 0 bridgehead atoms. The molecular formula is C11H12O3S. The molecule has 1 aromatic rings. The number of hydrogen-bond acceptors (Lipinski definition) is 3. The summed E-state index contributed by atoms with van der Waals surface area (Å²) in [5.74, 6) is -0.233. The van der Waals surface area contributed by atoms with Gasteiger partial charge >= 0.3 is 5.97 Å². The van der Waals surface area contributed by atoms with Crippen LogP contribution in [0, 0.1) is 0 Å². The molecule has 0 spiro atoms. The van der Waals surface area contributed by atoms with E-state index in [4.69, 9.17) is 9.84 Å². The summed E-state index contributed by atoms with van der Waals surface area (Å²) in [5, 5.41) is 10.5. The van der Waals surface area contributed by atoms with E-state index in [0.717, 1.165) is 19.3 Å². The van der Waals surface area contributed by atoms with Crippen LogP contribution < -0.4 is 4.74 Å². The molecule has 1 aromatic heterocycles. The Kier molecular flexibility index (Phi) is 3.06. The molecule has 1 aliphatic carbocycles. The van der Waals surface area contributed by atoms with Gasteiger partial charge in [0.05, 0.1) is 0 Å². The van der Waals surface area contributed by atoms with Crippen molar-refractivity contribution < 1.29 is 14.6 Å². The second kappa shape index (κ2) is 4.49. The minimum atomic E-state index is -0.894. The number of carboxylic acids is 1. The molecule has 1 N–H and O–H groups in total. The van der Waals surface area contributed by atoms with Gasteiger partial charge < -0.3 is 9.84 Å². The third kappa shape index (κ3) is 2.59. The fourth-order valence-corrected chi connectivity index (χ4v) is 2.20. The summed E-state index contributed by atoms with van der Waals surface area (Å²) in [7, 11) is 0. The number of aromatic carboxylic acids is 1. The summed E-state index contributed by atoms with van der Waals surface area (Å²) >= 11 is 1.20. The Balaban J connectivity index is 2.01. The maximum absolute atomic E-state index is 10.6. The quantitative estimate of drug-likeness (QED) is 0.803. The Morgan fingerprint density at radius 2 is 2.47 bits per heavy atom. The molecule has 4 heteroatoms. The first-order valence-electron chi connectivity index (χ1n) is 4.91. The van der Waals surface area contributed by atoms with Crippen molar-refractivity contribution in [3.63, 3.8) is 0 Å². The van der Waals surface area contributed by atoms with E-state index in [1.807, 2.05) is 6.08 Å². The van der Waals surface area contributed by atoms with Crippen LogP contribution in [0.15, 0.2) is 23.6 Å². The summed E-state index contributed by atoms with van der Waals surface area (Å²) in [6.45, 7) is 0. The summed E-state index contributed by atoms with van der Waals surface area (Å²) < 4.78 is 5.65. The van der Waals surface area contributed by atoms with Crippen molar-refractivity contribution in [2.45, 2.75) is 25.4 Å². The highest BCUT2D eigenvalue weighted by Crippen LogP contribution is 2.24. The smallest absolute Gasteiger partial charge is 0.346 e. The van der Waals surface area contributed by atoms with E-state index in [1.165, 1.54) is 11.3 Å². The van der Waals surface area contributed by atoms with Crippen molar-refractivity contribution in [2.75, 3.05) is 0 Å². The molecule has 1 unspecified atom stereocenters. The SMILES string of the molecule is O=C(O)c1cc(OC2C=CCCC2)cs1. The van der Waals surface area contributed by atoms with E-state index in [-0.39, 0.29) is 6.10 Å². The van der Waals surface area contributed by atoms with Crippen LogP contribution in [0.4, 0.5) is 0 Å². The highest BCUT2D eigenvalue weighted by atomic mass is 32.1. The summed E-state index contributed by atoms with van der Waals surface area (Å²) in [6, 6.07) is 1.58. The molecule has 1 aliphatic rings. The van der Waals surface area contributed by atoms with Crippen LogP contribution in [0.3, 0.4) is 0 Å².